The molecule has 2 N–H and O–H groups in total. The predicted molar refractivity (Wildman–Crippen MR) is 114 cm³/mol. The van der Waals surface area contributed by atoms with Gasteiger partial charge >= 0.3 is 0 Å². The van der Waals surface area contributed by atoms with Gasteiger partial charge in [0.1, 0.15) is 9.84 Å². The highest BCUT2D eigenvalue weighted by Crippen LogP contribution is 2.14. The number of nitrogens with zero attached hydrogens (tertiary/aromatic N) is 1. The van der Waals surface area contributed by atoms with Crippen LogP contribution in [0.3, 0.4) is 0 Å². The van der Waals surface area contributed by atoms with Crippen LogP contribution in [0.5, 0.6) is 0 Å². The molecule has 0 spiro atoms. The van der Waals surface area contributed by atoms with Crippen molar-refractivity contribution in [1.29, 1.82) is 0 Å². The van der Waals surface area contributed by atoms with Crippen LogP contribution in [0.4, 0.5) is 0 Å². The van der Waals surface area contributed by atoms with Crippen LogP contribution in [0.15, 0.2) is 4.99 Å². The second-order valence-corrected chi connectivity index (χ2v) is 8.41. The number of rotatable bonds is 12. The lowest BCUT2D eigenvalue weighted by molar-refractivity contribution is 0.0203. The second kappa shape index (κ2) is 15.8. The monoisotopic (exact) mass is 507 g/mol. The van der Waals surface area contributed by atoms with Crippen LogP contribution in [0.1, 0.15) is 19.3 Å². The Morgan fingerprint density at radius 2 is 1.81 bits per heavy atom. The summed E-state index contributed by atoms with van der Waals surface area (Å²) in [6.45, 7) is 5.27. The van der Waals surface area contributed by atoms with Crippen molar-refractivity contribution in [2.45, 2.75) is 19.3 Å². The summed E-state index contributed by atoms with van der Waals surface area (Å²) in [7, 11) is -1.25. The second-order valence-electron chi connectivity index (χ2n) is 6.15. The maximum atomic E-state index is 11.0. The summed E-state index contributed by atoms with van der Waals surface area (Å²) in [5.41, 5.74) is 0. The van der Waals surface area contributed by atoms with Gasteiger partial charge in [-0.05, 0) is 25.2 Å². The lowest BCUT2D eigenvalue weighted by atomic mass is 10.0. The van der Waals surface area contributed by atoms with Crippen molar-refractivity contribution in [2.24, 2.45) is 10.9 Å². The third kappa shape index (κ3) is 14.9. The number of sulfone groups is 1. The Kier molecular flexibility index (Phi) is 15.7. The summed E-state index contributed by atoms with van der Waals surface area (Å²) >= 11 is 0. The molecule has 0 aromatic carbocycles. The van der Waals surface area contributed by atoms with Crippen LogP contribution in [-0.2, 0) is 24.0 Å². The van der Waals surface area contributed by atoms with Gasteiger partial charge in [-0.2, -0.15) is 0 Å². The van der Waals surface area contributed by atoms with Crippen molar-refractivity contribution < 1.29 is 22.6 Å². The minimum atomic E-state index is -2.96. The summed E-state index contributed by atoms with van der Waals surface area (Å²) in [4.78, 5) is 4.12. The summed E-state index contributed by atoms with van der Waals surface area (Å²) < 4.78 is 38.2. The molecule has 0 amide bonds. The quantitative estimate of drug-likeness (QED) is 0.173. The van der Waals surface area contributed by atoms with Gasteiger partial charge < -0.3 is 24.8 Å². The first-order valence-corrected chi connectivity index (χ1v) is 10.9. The lowest BCUT2D eigenvalue weighted by Crippen LogP contribution is -2.39. The molecule has 10 heteroatoms. The summed E-state index contributed by atoms with van der Waals surface area (Å²) in [5, 5.41) is 6.33. The lowest BCUT2D eigenvalue weighted by Gasteiger charge is -2.21. The van der Waals surface area contributed by atoms with Gasteiger partial charge in [0.25, 0.3) is 0 Å². The third-order valence-corrected chi connectivity index (χ3v) is 4.72. The molecule has 0 radical (unpaired) electrons. The number of hydrogen-bond acceptors (Lipinski definition) is 6. The van der Waals surface area contributed by atoms with E-state index in [1.54, 1.807) is 7.05 Å². The van der Waals surface area contributed by atoms with Crippen molar-refractivity contribution in [1.82, 2.24) is 10.6 Å². The van der Waals surface area contributed by atoms with E-state index in [2.05, 4.69) is 15.6 Å². The fourth-order valence-electron chi connectivity index (χ4n) is 2.32. The van der Waals surface area contributed by atoms with E-state index in [1.165, 1.54) is 6.26 Å². The van der Waals surface area contributed by atoms with Gasteiger partial charge in [0.2, 0.25) is 0 Å². The molecule has 156 valence electrons. The molecular formula is C16H34IN3O5S. The zero-order valence-electron chi connectivity index (χ0n) is 15.9. The smallest absolute Gasteiger partial charge is 0.191 e. The standard InChI is InChI=1S/C16H33N3O5S.HI/c1-17-16(19-7-11-23-12-13-25(2,20)21)18-6-3-8-24-14-15-4-9-22-10-5-15;/h15H,3-14H2,1-2H3,(H2,17,18,19);1H. The third-order valence-electron chi connectivity index (χ3n) is 3.81. The van der Waals surface area contributed by atoms with Crippen molar-refractivity contribution in [3.05, 3.63) is 0 Å². The van der Waals surface area contributed by atoms with Gasteiger partial charge in [0.05, 0.1) is 19.0 Å². The van der Waals surface area contributed by atoms with Gasteiger partial charge in [0, 0.05) is 52.8 Å². The van der Waals surface area contributed by atoms with Gasteiger partial charge in [0.15, 0.2) is 5.96 Å². The van der Waals surface area contributed by atoms with Gasteiger partial charge in [-0.25, -0.2) is 8.42 Å². The molecule has 1 aliphatic rings. The minimum absolute atomic E-state index is 0. The van der Waals surface area contributed by atoms with Crippen molar-refractivity contribution in [2.75, 3.05) is 71.8 Å². The number of ether oxygens (including phenoxy) is 3. The van der Waals surface area contributed by atoms with Crippen LogP contribution in [0, 0.1) is 5.92 Å². The van der Waals surface area contributed by atoms with Crippen LogP contribution < -0.4 is 10.6 Å². The zero-order chi connectivity index (χ0) is 18.4. The summed E-state index contributed by atoms with van der Waals surface area (Å²) in [6.07, 6.45) is 4.31. The zero-order valence-corrected chi connectivity index (χ0v) is 19.0. The highest BCUT2D eigenvalue weighted by atomic mass is 127. The van der Waals surface area contributed by atoms with E-state index in [1.807, 2.05) is 0 Å². The molecule has 26 heavy (non-hydrogen) atoms. The van der Waals surface area contributed by atoms with E-state index < -0.39 is 9.84 Å². The Balaban J connectivity index is 0.00000625. The van der Waals surface area contributed by atoms with Crippen LogP contribution in [0.2, 0.25) is 0 Å². The normalized spacial score (nSPS) is 16.2. The molecule has 0 saturated carbocycles. The average Bonchev–Trinajstić information content (AvgIpc) is 2.59. The first kappa shape index (κ1) is 25.8. The molecule has 0 aromatic rings. The number of halogens is 1. The number of hydrogen-bond donors (Lipinski definition) is 2. The Bertz CT molecular complexity index is 471. The number of nitrogens with one attached hydrogen (secondary N) is 2. The molecule has 0 atom stereocenters. The van der Waals surface area contributed by atoms with Gasteiger partial charge in [-0.15, -0.1) is 24.0 Å². The fraction of sp³-hybridized carbons (Fsp3) is 0.938. The maximum absolute atomic E-state index is 11.0. The molecule has 0 bridgehead atoms. The van der Waals surface area contributed by atoms with Gasteiger partial charge in [-0.1, -0.05) is 0 Å². The summed E-state index contributed by atoms with van der Waals surface area (Å²) in [6, 6.07) is 0. The molecule has 1 heterocycles. The van der Waals surface area contributed by atoms with Crippen LogP contribution in [-0.4, -0.2) is 86.2 Å². The maximum Gasteiger partial charge on any atom is 0.191 e. The average molecular weight is 507 g/mol. The Hall–Kier alpha value is -0.170. The van der Waals surface area contributed by atoms with Gasteiger partial charge in [-0.3, -0.25) is 4.99 Å². The Morgan fingerprint density at radius 1 is 1.12 bits per heavy atom. The van der Waals surface area contributed by atoms with E-state index in [9.17, 15) is 8.42 Å². The van der Waals surface area contributed by atoms with E-state index in [4.69, 9.17) is 14.2 Å². The molecule has 0 aromatic heterocycles. The molecule has 1 saturated heterocycles. The van der Waals surface area contributed by atoms with E-state index in [0.29, 0.717) is 25.0 Å². The highest BCUT2D eigenvalue weighted by molar-refractivity contribution is 14.0. The first-order chi connectivity index (χ1) is 12.0. The van der Waals surface area contributed by atoms with Crippen LogP contribution >= 0.6 is 24.0 Å². The predicted octanol–water partition coefficient (Wildman–Crippen LogP) is 0.664. The molecule has 1 fully saturated rings. The minimum Gasteiger partial charge on any atom is -0.381 e. The van der Waals surface area contributed by atoms with E-state index in [0.717, 1.165) is 52.2 Å². The molecule has 1 aliphatic heterocycles. The van der Waals surface area contributed by atoms with Crippen molar-refractivity contribution in [3.8, 4) is 0 Å². The molecule has 0 unspecified atom stereocenters. The molecule has 8 nitrogen and oxygen atoms in total. The van der Waals surface area contributed by atoms with Crippen molar-refractivity contribution >= 4 is 39.8 Å². The highest BCUT2D eigenvalue weighted by Gasteiger charge is 2.13. The number of aliphatic imine (C=N–C) groups is 1. The number of guanidine groups is 1. The molecule has 1 rings (SSSR count). The molecular weight excluding hydrogens is 473 g/mol. The molecule has 0 aliphatic carbocycles. The fourth-order valence-corrected chi connectivity index (χ4v) is 2.74. The summed E-state index contributed by atoms with van der Waals surface area (Å²) in [5.74, 6) is 1.39. The topological polar surface area (TPSA) is 98.2 Å². The first-order valence-electron chi connectivity index (χ1n) is 8.86. The van der Waals surface area contributed by atoms with Crippen LogP contribution in [0.25, 0.3) is 0 Å². The largest absolute Gasteiger partial charge is 0.381 e. The SMILES string of the molecule is CN=C(NCCCOCC1CCOCC1)NCCOCCS(C)(=O)=O.I. The van der Waals surface area contributed by atoms with E-state index in [-0.39, 0.29) is 36.3 Å². The Labute approximate surface area is 174 Å². The Morgan fingerprint density at radius 3 is 2.46 bits per heavy atom. The van der Waals surface area contributed by atoms with E-state index >= 15 is 0 Å². The van der Waals surface area contributed by atoms with Crippen molar-refractivity contribution in [3.63, 3.8) is 0 Å².